The molecule has 1 heterocycles. The fourth-order valence-electron chi connectivity index (χ4n) is 4.95. The minimum absolute atomic E-state index is 0.237. The van der Waals surface area contributed by atoms with Crippen molar-refractivity contribution >= 4 is 17.9 Å². The number of carbonyl (C=O) groups is 2. The van der Waals surface area contributed by atoms with Crippen molar-refractivity contribution in [1.82, 2.24) is 9.80 Å². The third kappa shape index (κ3) is 14.2. The molecule has 5 nitrogen and oxygen atoms in total. The number of hydrogen-bond donors (Lipinski definition) is 0. The Morgan fingerprint density at radius 3 is 2.33 bits per heavy atom. The van der Waals surface area contributed by atoms with E-state index < -0.39 is 0 Å². The maximum atomic E-state index is 12.9. The lowest BCUT2D eigenvalue weighted by Gasteiger charge is -2.31. The van der Waals surface area contributed by atoms with Crippen LogP contribution in [0.15, 0.2) is 67.3 Å². The van der Waals surface area contributed by atoms with Crippen LogP contribution in [-0.4, -0.2) is 61.8 Å². The Morgan fingerprint density at radius 2 is 1.70 bits per heavy atom. The third-order valence-electron chi connectivity index (χ3n) is 7.60. The standard InChI is InChI=1S/C32H45N3O2.C3H8.C3H6/c1-5-7-10-17-34(31-23-27(25-36)13-14-29(31)22-26(3)6-2)21-20-33(4)18-16-32(37)35-19-15-28-11-8-9-12-30(28)24-35;2*1-3-2/h5,7-9,11-14,23,25-26H,6,10,15-22,24H2,1-4H3;3H2,1-2H3;3H,1H2,2H3/b7-5-;;. The highest BCUT2D eigenvalue weighted by atomic mass is 16.2. The largest absolute Gasteiger partial charge is 0.370 e. The zero-order valence-electron chi connectivity index (χ0n) is 28.3. The molecule has 0 radical (unpaired) electrons. The normalized spacial score (nSPS) is 12.9. The van der Waals surface area contributed by atoms with Gasteiger partial charge in [-0.3, -0.25) is 9.59 Å². The van der Waals surface area contributed by atoms with E-state index in [0.717, 1.165) is 76.8 Å². The van der Waals surface area contributed by atoms with Gasteiger partial charge in [0, 0.05) is 56.9 Å². The molecular weight excluding hydrogens is 530 g/mol. The number of carbonyl (C=O) groups excluding carboxylic acids is 2. The molecule has 0 N–H and O–H groups in total. The highest BCUT2D eigenvalue weighted by Crippen LogP contribution is 2.26. The van der Waals surface area contributed by atoms with Crippen molar-refractivity contribution in [3.63, 3.8) is 0 Å². The molecule has 2 aromatic rings. The Morgan fingerprint density at radius 1 is 1.02 bits per heavy atom. The van der Waals surface area contributed by atoms with Gasteiger partial charge in [-0.25, -0.2) is 0 Å². The van der Waals surface area contributed by atoms with Gasteiger partial charge >= 0.3 is 0 Å². The average molecular weight is 590 g/mol. The van der Waals surface area contributed by atoms with Crippen LogP contribution in [0.5, 0.6) is 0 Å². The third-order valence-corrected chi connectivity index (χ3v) is 7.60. The molecule has 238 valence electrons. The highest BCUT2D eigenvalue weighted by Gasteiger charge is 2.21. The number of fused-ring (bicyclic) bond motifs is 1. The summed E-state index contributed by atoms with van der Waals surface area (Å²) in [7, 11) is 2.10. The summed E-state index contributed by atoms with van der Waals surface area (Å²) in [6.45, 7) is 21.0. The first kappa shape index (κ1) is 37.8. The molecule has 0 saturated carbocycles. The molecule has 0 aromatic heterocycles. The second-order valence-corrected chi connectivity index (χ2v) is 11.6. The van der Waals surface area contributed by atoms with Crippen LogP contribution in [0.25, 0.3) is 0 Å². The molecule has 0 spiro atoms. The van der Waals surface area contributed by atoms with Gasteiger partial charge in [-0.15, -0.1) is 6.58 Å². The molecule has 1 aliphatic heterocycles. The first-order valence-electron chi connectivity index (χ1n) is 16.3. The predicted molar refractivity (Wildman–Crippen MR) is 186 cm³/mol. The summed E-state index contributed by atoms with van der Waals surface area (Å²) in [4.78, 5) is 31.2. The quantitative estimate of drug-likeness (QED) is 0.164. The smallest absolute Gasteiger partial charge is 0.224 e. The molecule has 1 aliphatic rings. The Labute approximate surface area is 263 Å². The summed E-state index contributed by atoms with van der Waals surface area (Å²) in [5, 5.41) is 0. The van der Waals surface area contributed by atoms with Gasteiger partial charge in [0.05, 0.1) is 0 Å². The molecule has 2 aromatic carbocycles. The van der Waals surface area contributed by atoms with E-state index in [4.69, 9.17) is 0 Å². The lowest BCUT2D eigenvalue weighted by molar-refractivity contribution is -0.132. The van der Waals surface area contributed by atoms with E-state index in [1.54, 1.807) is 6.08 Å². The number of likely N-dealkylation sites (N-methyl/N-ethyl adjacent to an activating group) is 1. The first-order chi connectivity index (χ1) is 20.8. The van der Waals surface area contributed by atoms with E-state index in [1.807, 2.05) is 17.9 Å². The Bertz CT molecular complexity index is 1110. The highest BCUT2D eigenvalue weighted by molar-refractivity contribution is 5.78. The molecule has 43 heavy (non-hydrogen) atoms. The van der Waals surface area contributed by atoms with Crippen molar-refractivity contribution < 1.29 is 9.59 Å². The van der Waals surface area contributed by atoms with E-state index in [2.05, 4.69) is 107 Å². The second kappa shape index (κ2) is 22.4. The van der Waals surface area contributed by atoms with Crippen LogP contribution in [0.1, 0.15) is 94.3 Å². The van der Waals surface area contributed by atoms with E-state index in [0.29, 0.717) is 12.3 Å². The van der Waals surface area contributed by atoms with Gasteiger partial charge < -0.3 is 14.7 Å². The molecule has 0 aliphatic carbocycles. The molecule has 0 fully saturated rings. The van der Waals surface area contributed by atoms with Crippen molar-refractivity contribution in [1.29, 1.82) is 0 Å². The monoisotopic (exact) mass is 589 g/mol. The van der Waals surface area contributed by atoms with Crippen LogP contribution in [0.3, 0.4) is 0 Å². The van der Waals surface area contributed by atoms with E-state index in [-0.39, 0.29) is 5.91 Å². The van der Waals surface area contributed by atoms with Crippen molar-refractivity contribution in [2.24, 2.45) is 5.92 Å². The molecule has 0 bridgehead atoms. The fourth-order valence-corrected chi connectivity index (χ4v) is 4.95. The predicted octanol–water partition coefficient (Wildman–Crippen LogP) is 8.38. The van der Waals surface area contributed by atoms with Gasteiger partial charge in [0.2, 0.25) is 5.91 Å². The number of amides is 1. The first-order valence-corrected chi connectivity index (χ1v) is 16.3. The van der Waals surface area contributed by atoms with Gasteiger partial charge in [0.1, 0.15) is 6.29 Å². The molecule has 1 unspecified atom stereocenters. The van der Waals surface area contributed by atoms with E-state index >= 15 is 0 Å². The fraction of sp³-hybridized carbons (Fsp3) is 0.526. The molecule has 5 heteroatoms. The number of rotatable bonds is 14. The zero-order chi connectivity index (χ0) is 32.0. The van der Waals surface area contributed by atoms with Crippen LogP contribution >= 0.6 is 0 Å². The van der Waals surface area contributed by atoms with Crippen molar-refractivity contribution in [2.75, 3.05) is 44.7 Å². The number of allylic oxidation sites excluding steroid dienone is 2. The number of benzene rings is 2. The van der Waals surface area contributed by atoms with Gasteiger partial charge in [-0.1, -0.05) is 95.2 Å². The van der Waals surface area contributed by atoms with Crippen LogP contribution in [0.4, 0.5) is 5.69 Å². The Balaban J connectivity index is 0.00000142. The molecule has 1 atom stereocenters. The lowest BCUT2D eigenvalue weighted by atomic mass is 9.96. The van der Waals surface area contributed by atoms with Crippen molar-refractivity contribution in [2.45, 2.75) is 86.6 Å². The summed E-state index contributed by atoms with van der Waals surface area (Å²) >= 11 is 0. The van der Waals surface area contributed by atoms with E-state index in [1.165, 1.54) is 28.8 Å². The number of hydrogen-bond acceptors (Lipinski definition) is 4. The average Bonchev–Trinajstić information content (AvgIpc) is 3.02. The minimum Gasteiger partial charge on any atom is -0.370 e. The second-order valence-electron chi connectivity index (χ2n) is 11.6. The number of nitrogens with zero attached hydrogens (tertiary/aromatic N) is 3. The summed E-state index contributed by atoms with van der Waals surface area (Å²) < 4.78 is 0. The number of aldehydes is 1. The maximum absolute atomic E-state index is 12.9. The van der Waals surface area contributed by atoms with Crippen LogP contribution in [0, 0.1) is 5.92 Å². The van der Waals surface area contributed by atoms with Crippen molar-refractivity contribution in [3.8, 4) is 0 Å². The zero-order valence-corrected chi connectivity index (χ0v) is 28.3. The van der Waals surface area contributed by atoms with Gasteiger partial charge in [0.15, 0.2) is 0 Å². The Kier molecular flexibility index (Phi) is 19.7. The SMILES string of the molecule is C/C=C\CCN(CCN(C)CCC(=O)N1CCc2ccccc2C1)c1cc(C=O)ccc1CC(C)CC.C=CC.CCC. The molecule has 0 saturated heterocycles. The summed E-state index contributed by atoms with van der Waals surface area (Å²) in [5.41, 5.74) is 5.85. The molecule has 1 amide bonds. The maximum Gasteiger partial charge on any atom is 0.224 e. The topological polar surface area (TPSA) is 43.9 Å². The van der Waals surface area contributed by atoms with Crippen LogP contribution < -0.4 is 4.90 Å². The Hall–Kier alpha value is -3.18. The van der Waals surface area contributed by atoms with Gasteiger partial charge in [0.25, 0.3) is 0 Å². The number of anilines is 1. The van der Waals surface area contributed by atoms with Crippen molar-refractivity contribution in [3.05, 3.63) is 89.5 Å². The lowest BCUT2D eigenvalue weighted by Crippen LogP contribution is -2.39. The van der Waals surface area contributed by atoms with Crippen LogP contribution in [0.2, 0.25) is 0 Å². The molecular formula is C38H59N3O2. The summed E-state index contributed by atoms with van der Waals surface area (Å²) in [6.07, 6.45) is 12.8. The van der Waals surface area contributed by atoms with Gasteiger partial charge in [-0.05, 0) is 68.8 Å². The van der Waals surface area contributed by atoms with E-state index in [9.17, 15) is 9.59 Å². The van der Waals surface area contributed by atoms with Gasteiger partial charge in [-0.2, -0.15) is 0 Å². The summed E-state index contributed by atoms with van der Waals surface area (Å²) in [6, 6.07) is 14.6. The minimum atomic E-state index is 0.237. The summed E-state index contributed by atoms with van der Waals surface area (Å²) in [5.74, 6) is 0.828. The molecule has 3 rings (SSSR count). The van der Waals surface area contributed by atoms with Crippen LogP contribution in [-0.2, 0) is 24.2 Å².